The Morgan fingerprint density at radius 2 is 1.71 bits per heavy atom. The molecule has 0 aromatic heterocycles. The van der Waals surface area contributed by atoms with Gasteiger partial charge < -0.3 is 19.5 Å². The van der Waals surface area contributed by atoms with Gasteiger partial charge in [0.1, 0.15) is 11.5 Å². The van der Waals surface area contributed by atoms with E-state index >= 15 is 0 Å². The Balaban J connectivity index is 1.95. The van der Waals surface area contributed by atoms with Gasteiger partial charge in [-0.2, -0.15) is 0 Å². The summed E-state index contributed by atoms with van der Waals surface area (Å²) in [7, 11) is 2.93. The number of carbonyl (C=O) groups excluding carboxylic acids is 2. The van der Waals surface area contributed by atoms with Crippen LogP contribution < -0.4 is 14.8 Å². The minimum atomic E-state index is -0.556. The summed E-state index contributed by atoms with van der Waals surface area (Å²) >= 11 is 0. The summed E-state index contributed by atoms with van der Waals surface area (Å²) in [6.45, 7) is 0. The predicted octanol–water partition coefficient (Wildman–Crippen LogP) is 3.30. The molecule has 2 rings (SSSR count). The topological polar surface area (TPSA) is 73.9 Å². The highest BCUT2D eigenvalue weighted by Gasteiger charge is 2.28. The number of benzene rings is 1. The summed E-state index contributed by atoms with van der Waals surface area (Å²) < 4.78 is 15.1. The van der Waals surface area contributed by atoms with E-state index < -0.39 is 6.09 Å². The maximum absolute atomic E-state index is 12.2. The van der Waals surface area contributed by atoms with Crippen LogP contribution in [0, 0.1) is 5.92 Å². The van der Waals surface area contributed by atoms with Gasteiger partial charge in [0.2, 0.25) is 0 Å². The molecule has 0 bridgehead atoms. The van der Waals surface area contributed by atoms with E-state index in [1.807, 2.05) is 0 Å². The highest BCUT2D eigenvalue weighted by molar-refractivity contribution is 5.74. The van der Waals surface area contributed by atoms with Gasteiger partial charge in [0, 0.05) is 6.04 Å². The van der Waals surface area contributed by atoms with Crippen LogP contribution in [0.4, 0.5) is 4.79 Å². The number of esters is 1. The van der Waals surface area contributed by atoms with Crippen molar-refractivity contribution in [2.75, 3.05) is 14.2 Å². The van der Waals surface area contributed by atoms with Crippen molar-refractivity contribution in [3.05, 3.63) is 24.3 Å². The van der Waals surface area contributed by atoms with E-state index in [0.29, 0.717) is 11.5 Å². The maximum atomic E-state index is 12.2. The van der Waals surface area contributed by atoms with Crippen LogP contribution in [0.15, 0.2) is 24.3 Å². The monoisotopic (exact) mass is 335 g/mol. The van der Waals surface area contributed by atoms with Crippen molar-refractivity contribution in [3.63, 3.8) is 0 Å². The van der Waals surface area contributed by atoms with Gasteiger partial charge in [-0.05, 0) is 43.0 Å². The lowest BCUT2D eigenvalue weighted by atomic mass is 9.82. The molecule has 6 nitrogen and oxygen atoms in total. The second kappa shape index (κ2) is 9.15. The lowest BCUT2D eigenvalue weighted by molar-refractivity contribution is -0.141. The van der Waals surface area contributed by atoms with E-state index in [1.54, 1.807) is 31.4 Å². The number of hydrogen-bond acceptors (Lipinski definition) is 5. The van der Waals surface area contributed by atoms with Crippen molar-refractivity contribution in [1.29, 1.82) is 0 Å². The van der Waals surface area contributed by atoms with Crippen LogP contribution in [-0.2, 0) is 9.53 Å². The number of nitrogens with one attached hydrogen (secondary N) is 1. The lowest BCUT2D eigenvalue weighted by Crippen LogP contribution is -2.44. The first-order chi connectivity index (χ1) is 11.6. The molecule has 1 aliphatic rings. The molecular weight excluding hydrogens is 310 g/mol. The van der Waals surface area contributed by atoms with Crippen molar-refractivity contribution in [2.24, 2.45) is 5.92 Å². The smallest absolute Gasteiger partial charge is 0.412 e. The van der Waals surface area contributed by atoms with E-state index in [4.69, 9.17) is 14.2 Å². The highest BCUT2D eigenvalue weighted by atomic mass is 16.6. The van der Waals surface area contributed by atoms with Crippen molar-refractivity contribution in [1.82, 2.24) is 5.32 Å². The van der Waals surface area contributed by atoms with Crippen molar-refractivity contribution in [2.45, 2.75) is 44.6 Å². The first-order valence-electron chi connectivity index (χ1n) is 8.31. The van der Waals surface area contributed by atoms with Gasteiger partial charge in [0.05, 0.1) is 20.6 Å². The zero-order valence-corrected chi connectivity index (χ0v) is 14.2. The maximum Gasteiger partial charge on any atom is 0.412 e. The van der Waals surface area contributed by atoms with E-state index in [-0.39, 0.29) is 24.3 Å². The van der Waals surface area contributed by atoms with Crippen LogP contribution in [0.3, 0.4) is 0 Å². The third-order valence-corrected chi connectivity index (χ3v) is 4.41. The number of hydrogen-bond donors (Lipinski definition) is 1. The van der Waals surface area contributed by atoms with E-state index in [1.165, 1.54) is 13.5 Å². The Morgan fingerprint density at radius 3 is 2.29 bits per heavy atom. The third kappa shape index (κ3) is 5.44. The second-order valence-corrected chi connectivity index (χ2v) is 5.99. The molecule has 0 heterocycles. The number of rotatable bonds is 6. The molecule has 132 valence electrons. The molecule has 1 N–H and O–H groups in total. The van der Waals surface area contributed by atoms with Crippen LogP contribution in [0.5, 0.6) is 11.5 Å². The quantitative estimate of drug-likeness (QED) is 0.808. The highest BCUT2D eigenvalue weighted by Crippen LogP contribution is 2.28. The summed E-state index contributed by atoms with van der Waals surface area (Å²) in [5.74, 6) is 1.07. The fourth-order valence-corrected chi connectivity index (χ4v) is 3.07. The summed E-state index contributed by atoms with van der Waals surface area (Å²) in [5.41, 5.74) is 0. The number of ether oxygens (including phenoxy) is 3. The SMILES string of the molecule is COC(=O)CC(NC(=O)Oc1ccc(OC)cc1)C1CCCCC1. The fourth-order valence-electron chi connectivity index (χ4n) is 3.07. The molecule has 0 saturated heterocycles. The van der Waals surface area contributed by atoms with E-state index in [9.17, 15) is 9.59 Å². The molecule has 6 heteroatoms. The van der Waals surface area contributed by atoms with Crippen molar-refractivity contribution < 1.29 is 23.8 Å². The van der Waals surface area contributed by atoms with Gasteiger partial charge >= 0.3 is 12.1 Å². The number of amides is 1. The Bertz CT molecular complexity index is 537. The molecule has 1 amide bonds. The van der Waals surface area contributed by atoms with Gasteiger partial charge in [-0.25, -0.2) is 4.79 Å². The summed E-state index contributed by atoms with van der Waals surface area (Å²) in [4.78, 5) is 23.8. The summed E-state index contributed by atoms with van der Waals surface area (Å²) in [5, 5.41) is 2.84. The van der Waals surface area contributed by atoms with Crippen LogP contribution >= 0.6 is 0 Å². The van der Waals surface area contributed by atoms with E-state index in [2.05, 4.69) is 5.32 Å². The van der Waals surface area contributed by atoms with Crippen molar-refractivity contribution >= 4 is 12.1 Å². The average Bonchev–Trinajstić information content (AvgIpc) is 2.62. The molecule has 1 saturated carbocycles. The van der Waals surface area contributed by atoms with Gasteiger partial charge in [-0.15, -0.1) is 0 Å². The predicted molar refractivity (Wildman–Crippen MR) is 89.1 cm³/mol. The molecule has 1 aliphatic carbocycles. The van der Waals surface area contributed by atoms with Crippen LogP contribution in [0.25, 0.3) is 0 Å². The van der Waals surface area contributed by atoms with Crippen molar-refractivity contribution in [3.8, 4) is 11.5 Å². The zero-order valence-electron chi connectivity index (χ0n) is 14.2. The molecule has 1 unspecified atom stereocenters. The Kier molecular flexibility index (Phi) is 6.90. The molecule has 0 radical (unpaired) electrons. The van der Waals surface area contributed by atoms with Gasteiger partial charge in [-0.1, -0.05) is 19.3 Å². The molecular formula is C18H25NO5. The first-order valence-corrected chi connectivity index (χ1v) is 8.31. The lowest BCUT2D eigenvalue weighted by Gasteiger charge is -2.30. The number of methoxy groups -OCH3 is 2. The van der Waals surface area contributed by atoms with Crippen LogP contribution in [0.2, 0.25) is 0 Å². The normalized spacial score (nSPS) is 16.1. The molecule has 1 atom stereocenters. The molecule has 0 spiro atoms. The second-order valence-electron chi connectivity index (χ2n) is 5.99. The summed E-state index contributed by atoms with van der Waals surface area (Å²) in [6.07, 6.45) is 5.07. The van der Waals surface area contributed by atoms with Gasteiger partial charge in [0.15, 0.2) is 0 Å². The third-order valence-electron chi connectivity index (χ3n) is 4.41. The Morgan fingerprint density at radius 1 is 1.08 bits per heavy atom. The van der Waals surface area contributed by atoms with E-state index in [0.717, 1.165) is 25.7 Å². The van der Waals surface area contributed by atoms with Gasteiger partial charge in [-0.3, -0.25) is 4.79 Å². The molecule has 24 heavy (non-hydrogen) atoms. The molecule has 0 aliphatic heterocycles. The van der Waals surface area contributed by atoms with Crippen LogP contribution in [0.1, 0.15) is 38.5 Å². The standard InChI is InChI=1S/C18H25NO5/c1-22-14-8-10-15(11-9-14)24-18(21)19-16(12-17(20)23-2)13-6-4-3-5-7-13/h8-11,13,16H,3-7,12H2,1-2H3,(H,19,21). The Labute approximate surface area is 142 Å². The number of carbonyl (C=O) groups is 2. The molecule has 1 fully saturated rings. The first kappa shape index (κ1) is 18.1. The average molecular weight is 335 g/mol. The van der Waals surface area contributed by atoms with Gasteiger partial charge in [0.25, 0.3) is 0 Å². The fraction of sp³-hybridized carbons (Fsp3) is 0.556. The minimum absolute atomic E-state index is 0.166. The van der Waals surface area contributed by atoms with Crippen LogP contribution in [-0.4, -0.2) is 32.3 Å². The largest absolute Gasteiger partial charge is 0.497 e. The Hall–Kier alpha value is -2.24. The summed E-state index contributed by atoms with van der Waals surface area (Å²) in [6, 6.07) is 6.50. The minimum Gasteiger partial charge on any atom is -0.497 e. The molecule has 1 aromatic carbocycles. The molecule has 1 aromatic rings. The zero-order chi connectivity index (χ0) is 17.4.